The lowest BCUT2D eigenvalue weighted by atomic mass is 10.2. The Kier molecular flexibility index (Phi) is 5.04. The molecule has 1 N–H and O–H groups in total. The number of carbonyl (C=O) groups excluding carboxylic acids is 1. The van der Waals surface area contributed by atoms with Gasteiger partial charge in [-0.05, 0) is 46.4 Å². The molecule has 27 heavy (non-hydrogen) atoms. The zero-order valence-electron chi connectivity index (χ0n) is 14.1. The fourth-order valence-electron chi connectivity index (χ4n) is 2.71. The van der Waals surface area contributed by atoms with Crippen LogP contribution in [-0.4, -0.2) is 15.5 Å². The number of nitrogens with zero attached hydrogens (tertiary/aromatic N) is 2. The predicted octanol–water partition coefficient (Wildman–Crippen LogP) is 4.37. The highest BCUT2D eigenvalue weighted by molar-refractivity contribution is 14.1. The maximum absolute atomic E-state index is 12.8. The minimum absolute atomic E-state index is 0.0781. The van der Waals surface area contributed by atoms with Gasteiger partial charge in [0.2, 0.25) is 5.91 Å². The van der Waals surface area contributed by atoms with Gasteiger partial charge in [0.25, 0.3) is 5.56 Å². The van der Waals surface area contributed by atoms with Gasteiger partial charge in [-0.2, -0.15) is 0 Å². The molecule has 0 unspecified atom stereocenters. The van der Waals surface area contributed by atoms with Gasteiger partial charge in [0.1, 0.15) is 11.2 Å². The summed E-state index contributed by atoms with van der Waals surface area (Å²) in [6, 6.07) is 19.3. The van der Waals surface area contributed by atoms with Gasteiger partial charge in [-0.25, -0.2) is 4.98 Å². The van der Waals surface area contributed by atoms with Gasteiger partial charge in [0.05, 0.1) is 17.5 Å². The lowest BCUT2D eigenvalue weighted by molar-refractivity contribution is -0.116. The van der Waals surface area contributed by atoms with Crippen molar-refractivity contribution in [2.24, 2.45) is 0 Å². The van der Waals surface area contributed by atoms with E-state index in [4.69, 9.17) is 0 Å². The number of amides is 1. The normalized spacial score (nSPS) is 10.9. The topological polar surface area (TPSA) is 64.0 Å². The first-order chi connectivity index (χ1) is 13.1. The molecule has 0 saturated carbocycles. The third-order valence-corrected chi connectivity index (χ3v) is 6.13. The van der Waals surface area contributed by atoms with Crippen molar-refractivity contribution in [3.8, 4) is 10.4 Å². The van der Waals surface area contributed by atoms with E-state index >= 15 is 0 Å². The summed E-state index contributed by atoms with van der Waals surface area (Å²) in [4.78, 5) is 30.5. The second-order valence-corrected chi connectivity index (χ2v) is 8.11. The number of anilines is 1. The molecule has 1 amide bonds. The lowest BCUT2D eigenvalue weighted by Crippen LogP contribution is -2.27. The molecular formula is C20H14IN3O2S. The van der Waals surface area contributed by atoms with Crippen molar-refractivity contribution in [2.75, 3.05) is 5.32 Å². The van der Waals surface area contributed by atoms with Crippen molar-refractivity contribution in [1.29, 1.82) is 0 Å². The summed E-state index contributed by atoms with van der Waals surface area (Å²) in [5, 5.41) is 2.83. The van der Waals surface area contributed by atoms with Crippen molar-refractivity contribution < 1.29 is 4.79 Å². The quantitative estimate of drug-likeness (QED) is 0.435. The van der Waals surface area contributed by atoms with Crippen molar-refractivity contribution in [1.82, 2.24) is 9.55 Å². The maximum atomic E-state index is 12.8. The molecule has 134 valence electrons. The summed E-state index contributed by atoms with van der Waals surface area (Å²) in [5.41, 5.74) is 2.22. The Morgan fingerprint density at radius 3 is 2.63 bits per heavy atom. The molecule has 0 spiro atoms. The number of hydrogen-bond donors (Lipinski definition) is 1. The molecule has 5 nitrogen and oxygen atoms in total. The van der Waals surface area contributed by atoms with Crippen LogP contribution in [0.3, 0.4) is 0 Å². The van der Waals surface area contributed by atoms with Crippen LogP contribution in [-0.2, 0) is 11.3 Å². The van der Waals surface area contributed by atoms with E-state index in [2.05, 4.69) is 32.9 Å². The highest BCUT2D eigenvalue weighted by Crippen LogP contribution is 2.30. The van der Waals surface area contributed by atoms with Crippen LogP contribution < -0.4 is 10.9 Å². The number of carbonyl (C=O) groups is 1. The molecule has 4 rings (SSSR count). The van der Waals surface area contributed by atoms with E-state index in [9.17, 15) is 9.59 Å². The van der Waals surface area contributed by atoms with E-state index < -0.39 is 0 Å². The average molecular weight is 487 g/mol. The molecule has 2 aromatic carbocycles. The molecule has 4 aromatic rings. The average Bonchev–Trinajstić information content (AvgIpc) is 3.12. The first-order valence-electron chi connectivity index (χ1n) is 8.20. The monoisotopic (exact) mass is 487 g/mol. The number of thiophene rings is 1. The van der Waals surface area contributed by atoms with Crippen molar-refractivity contribution in [3.63, 3.8) is 0 Å². The fourth-order valence-corrected chi connectivity index (χ4v) is 4.30. The highest BCUT2D eigenvalue weighted by Gasteiger charge is 2.13. The van der Waals surface area contributed by atoms with E-state index in [1.54, 1.807) is 0 Å². The van der Waals surface area contributed by atoms with Crippen LogP contribution in [0, 0.1) is 3.57 Å². The Morgan fingerprint density at radius 2 is 1.85 bits per heavy atom. The summed E-state index contributed by atoms with van der Waals surface area (Å²) in [5.74, 6) is -0.262. The molecule has 0 aliphatic carbocycles. The van der Waals surface area contributed by atoms with Crippen LogP contribution in [0.4, 0.5) is 5.69 Å². The fraction of sp³-hybridized carbons (Fsp3) is 0.0500. The van der Waals surface area contributed by atoms with Crippen LogP contribution in [0.2, 0.25) is 0 Å². The second-order valence-electron chi connectivity index (χ2n) is 5.90. The molecule has 0 saturated heterocycles. The van der Waals surface area contributed by atoms with E-state index in [-0.39, 0.29) is 18.0 Å². The van der Waals surface area contributed by atoms with Gasteiger partial charge in [0.15, 0.2) is 0 Å². The number of fused-ring (bicyclic) bond motifs is 1. The molecule has 0 aliphatic heterocycles. The number of hydrogen-bond acceptors (Lipinski definition) is 4. The van der Waals surface area contributed by atoms with Crippen LogP contribution in [0.15, 0.2) is 71.8 Å². The summed E-state index contributed by atoms with van der Waals surface area (Å²) >= 11 is 3.55. The Balaban J connectivity index is 1.61. The Bertz CT molecular complexity index is 1180. The van der Waals surface area contributed by atoms with Gasteiger partial charge < -0.3 is 5.32 Å². The second kappa shape index (κ2) is 7.61. The zero-order valence-corrected chi connectivity index (χ0v) is 17.0. The van der Waals surface area contributed by atoms with Crippen molar-refractivity contribution in [2.45, 2.75) is 6.54 Å². The van der Waals surface area contributed by atoms with Gasteiger partial charge in [0, 0.05) is 8.45 Å². The summed E-state index contributed by atoms with van der Waals surface area (Å²) in [7, 11) is 0. The van der Waals surface area contributed by atoms with Crippen LogP contribution in [0.1, 0.15) is 0 Å². The number of benzene rings is 2. The van der Waals surface area contributed by atoms with Crippen molar-refractivity contribution in [3.05, 3.63) is 80.9 Å². The predicted molar refractivity (Wildman–Crippen MR) is 117 cm³/mol. The van der Waals surface area contributed by atoms with Gasteiger partial charge in [-0.15, -0.1) is 11.3 Å². The third kappa shape index (κ3) is 3.79. The Labute approximate surface area is 172 Å². The smallest absolute Gasteiger partial charge is 0.271 e. The highest BCUT2D eigenvalue weighted by atomic mass is 127. The minimum atomic E-state index is -0.262. The van der Waals surface area contributed by atoms with E-state index in [0.29, 0.717) is 10.2 Å². The molecule has 0 aliphatic rings. The van der Waals surface area contributed by atoms with Gasteiger partial charge >= 0.3 is 0 Å². The first kappa shape index (κ1) is 17.9. The third-order valence-electron chi connectivity index (χ3n) is 4.02. The number of para-hydroxylation sites is 1. The molecule has 2 heterocycles. The van der Waals surface area contributed by atoms with E-state index in [1.807, 2.05) is 60.7 Å². The molecule has 0 radical (unpaired) electrons. The number of nitrogens with one attached hydrogen (secondary N) is 1. The van der Waals surface area contributed by atoms with Crippen LogP contribution in [0.25, 0.3) is 20.7 Å². The SMILES string of the molecule is O=C(Cn1cnc2cc(-c3ccccc3)sc2c1=O)Nc1ccccc1I. The number of aromatic nitrogens is 2. The van der Waals surface area contributed by atoms with Gasteiger partial charge in [-0.3, -0.25) is 14.2 Å². The van der Waals surface area contributed by atoms with Crippen LogP contribution in [0.5, 0.6) is 0 Å². The maximum Gasteiger partial charge on any atom is 0.271 e. The number of halogens is 1. The summed E-state index contributed by atoms with van der Waals surface area (Å²) < 4.78 is 2.84. The minimum Gasteiger partial charge on any atom is -0.324 e. The molecule has 0 fully saturated rings. The first-order valence-corrected chi connectivity index (χ1v) is 10.1. The molecule has 0 atom stereocenters. The van der Waals surface area contributed by atoms with Crippen LogP contribution >= 0.6 is 33.9 Å². The van der Waals surface area contributed by atoms with Gasteiger partial charge in [-0.1, -0.05) is 42.5 Å². The summed E-state index contributed by atoms with van der Waals surface area (Å²) in [6.07, 6.45) is 1.43. The Morgan fingerprint density at radius 1 is 1.11 bits per heavy atom. The standard InChI is InChI=1S/C20H14IN3O2S/c21-14-8-4-5-9-15(14)23-18(25)11-24-12-22-16-10-17(27-19(16)20(24)26)13-6-2-1-3-7-13/h1-10,12H,11H2,(H,23,25). The zero-order chi connectivity index (χ0) is 18.8. The largest absolute Gasteiger partial charge is 0.324 e. The number of rotatable bonds is 4. The molecule has 7 heteroatoms. The lowest BCUT2D eigenvalue weighted by Gasteiger charge is -2.08. The van der Waals surface area contributed by atoms with Crippen molar-refractivity contribution >= 4 is 55.7 Å². The molecule has 0 bridgehead atoms. The summed E-state index contributed by atoms with van der Waals surface area (Å²) in [6.45, 7) is -0.0781. The molecular weight excluding hydrogens is 473 g/mol. The Hall–Kier alpha value is -2.52. The van der Waals surface area contributed by atoms with E-state index in [0.717, 1.165) is 19.7 Å². The molecule has 2 aromatic heterocycles. The van der Waals surface area contributed by atoms with E-state index in [1.165, 1.54) is 22.2 Å².